The summed E-state index contributed by atoms with van der Waals surface area (Å²) in [6, 6.07) is 12.7. The number of amides is 3. The lowest BCUT2D eigenvalue weighted by Crippen LogP contribution is -2.38. The van der Waals surface area contributed by atoms with Gasteiger partial charge in [0.15, 0.2) is 18.1 Å². The van der Waals surface area contributed by atoms with Crippen LogP contribution in [0.1, 0.15) is 37.8 Å². The van der Waals surface area contributed by atoms with Crippen LogP contribution in [0.2, 0.25) is 0 Å². The topological polar surface area (TPSA) is 118 Å². The Kier molecular flexibility index (Phi) is 8.40. The molecule has 0 bridgehead atoms. The van der Waals surface area contributed by atoms with Gasteiger partial charge in [0.05, 0.1) is 12.8 Å². The molecule has 174 valence electrons. The minimum Gasteiger partial charge on any atom is -0.490 e. The number of hydrazone groups is 1. The number of aryl methyl sites for hydroxylation is 1. The van der Waals surface area contributed by atoms with Crippen LogP contribution in [0.15, 0.2) is 47.6 Å². The molecule has 0 aromatic heterocycles. The van der Waals surface area contributed by atoms with Crippen LogP contribution in [0.5, 0.6) is 11.5 Å². The molecule has 3 N–H and O–H groups in total. The summed E-state index contributed by atoms with van der Waals surface area (Å²) in [5.74, 6) is -0.983. The van der Waals surface area contributed by atoms with Crippen molar-refractivity contribution in [2.75, 3.05) is 18.5 Å². The van der Waals surface area contributed by atoms with Crippen molar-refractivity contribution in [3.63, 3.8) is 0 Å². The van der Waals surface area contributed by atoms with E-state index < -0.39 is 11.8 Å². The van der Waals surface area contributed by atoms with Crippen LogP contribution in [0.4, 0.5) is 5.69 Å². The highest BCUT2D eigenvalue weighted by molar-refractivity contribution is 6.35. The van der Waals surface area contributed by atoms with E-state index >= 15 is 0 Å². The largest absolute Gasteiger partial charge is 0.490 e. The van der Waals surface area contributed by atoms with Gasteiger partial charge in [0, 0.05) is 11.7 Å². The van der Waals surface area contributed by atoms with Crippen molar-refractivity contribution >= 4 is 29.6 Å². The summed E-state index contributed by atoms with van der Waals surface area (Å²) in [6.07, 6.45) is 4.11. The van der Waals surface area contributed by atoms with Crippen LogP contribution >= 0.6 is 0 Å². The van der Waals surface area contributed by atoms with Crippen molar-refractivity contribution in [2.45, 2.75) is 39.2 Å². The highest BCUT2D eigenvalue weighted by Crippen LogP contribution is 2.28. The molecule has 3 amide bonds. The molecule has 9 nitrogen and oxygen atoms in total. The molecule has 2 aromatic rings. The molecule has 1 fully saturated rings. The molecule has 2 aromatic carbocycles. The number of nitrogens with zero attached hydrogens (tertiary/aromatic N) is 1. The zero-order valence-corrected chi connectivity index (χ0v) is 18.7. The van der Waals surface area contributed by atoms with E-state index in [0.29, 0.717) is 29.4 Å². The van der Waals surface area contributed by atoms with Gasteiger partial charge in [-0.25, -0.2) is 5.43 Å². The molecule has 0 heterocycles. The minimum atomic E-state index is -0.821. The number of nitrogens with one attached hydrogen (secondary N) is 3. The molecule has 1 aliphatic rings. The second kappa shape index (κ2) is 11.7. The average Bonchev–Trinajstić information content (AvgIpc) is 3.63. The van der Waals surface area contributed by atoms with E-state index in [1.807, 2.05) is 31.2 Å². The number of rotatable bonds is 10. The van der Waals surface area contributed by atoms with Crippen LogP contribution in [0, 0.1) is 0 Å². The van der Waals surface area contributed by atoms with Crippen LogP contribution in [0.3, 0.4) is 0 Å². The molecule has 0 aliphatic heterocycles. The molecule has 3 rings (SSSR count). The SMILES string of the molecule is CCOc1cc(/C=N\NC(=O)C(=O)NC2CC2)ccc1OCC(=O)Nc1ccc(CC)cc1. The zero-order chi connectivity index (χ0) is 23.6. The van der Waals surface area contributed by atoms with Gasteiger partial charge in [-0.3, -0.25) is 14.4 Å². The smallest absolute Gasteiger partial charge is 0.329 e. The van der Waals surface area contributed by atoms with Crippen molar-refractivity contribution in [2.24, 2.45) is 5.10 Å². The summed E-state index contributed by atoms with van der Waals surface area (Å²) in [5.41, 5.74) is 4.70. The molecule has 9 heteroatoms. The molecule has 0 unspecified atom stereocenters. The van der Waals surface area contributed by atoms with E-state index in [1.54, 1.807) is 18.2 Å². The van der Waals surface area contributed by atoms with Gasteiger partial charge in [0.25, 0.3) is 5.91 Å². The number of hydrogen-bond acceptors (Lipinski definition) is 6. The Morgan fingerprint density at radius 3 is 2.42 bits per heavy atom. The van der Waals surface area contributed by atoms with Crippen molar-refractivity contribution in [1.29, 1.82) is 0 Å². The lowest BCUT2D eigenvalue weighted by atomic mass is 10.1. The summed E-state index contributed by atoms with van der Waals surface area (Å²) in [6.45, 7) is 4.11. The monoisotopic (exact) mass is 452 g/mol. The van der Waals surface area contributed by atoms with Crippen molar-refractivity contribution < 1.29 is 23.9 Å². The van der Waals surface area contributed by atoms with E-state index in [4.69, 9.17) is 9.47 Å². The van der Waals surface area contributed by atoms with Crippen molar-refractivity contribution in [1.82, 2.24) is 10.7 Å². The van der Waals surface area contributed by atoms with E-state index in [9.17, 15) is 14.4 Å². The predicted molar refractivity (Wildman–Crippen MR) is 124 cm³/mol. The average molecular weight is 453 g/mol. The highest BCUT2D eigenvalue weighted by atomic mass is 16.5. The molecular formula is C24H28N4O5. The van der Waals surface area contributed by atoms with Crippen LogP contribution in [0.25, 0.3) is 0 Å². The zero-order valence-electron chi connectivity index (χ0n) is 18.7. The van der Waals surface area contributed by atoms with Gasteiger partial charge >= 0.3 is 11.8 Å². The Balaban J connectivity index is 1.54. The maximum atomic E-state index is 12.2. The van der Waals surface area contributed by atoms with E-state index in [1.165, 1.54) is 11.8 Å². The fourth-order valence-corrected chi connectivity index (χ4v) is 2.85. The molecule has 0 saturated heterocycles. The third-order valence-corrected chi connectivity index (χ3v) is 4.77. The fraction of sp³-hybridized carbons (Fsp3) is 0.333. The first-order valence-electron chi connectivity index (χ1n) is 10.9. The lowest BCUT2D eigenvalue weighted by molar-refractivity contribution is -0.139. The van der Waals surface area contributed by atoms with Crippen LogP contribution < -0.4 is 25.5 Å². The lowest BCUT2D eigenvalue weighted by Gasteiger charge is -2.13. The Morgan fingerprint density at radius 1 is 1.00 bits per heavy atom. The summed E-state index contributed by atoms with van der Waals surface area (Å²) in [5, 5.41) is 9.18. The predicted octanol–water partition coefficient (Wildman–Crippen LogP) is 2.39. The molecule has 0 atom stereocenters. The third-order valence-electron chi connectivity index (χ3n) is 4.77. The molecule has 1 saturated carbocycles. The van der Waals surface area contributed by atoms with Gasteiger partial charge in [0.1, 0.15) is 0 Å². The number of hydrogen-bond donors (Lipinski definition) is 3. The molecule has 33 heavy (non-hydrogen) atoms. The third kappa shape index (κ3) is 7.64. The normalized spacial score (nSPS) is 12.8. The van der Waals surface area contributed by atoms with Gasteiger partial charge in [-0.15, -0.1) is 0 Å². The van der Waals surface area contributed by atoms with Gasteiger partial charge in [-0.05, 0) is 67.6 Å². The second-order valence-electron chi connectivity index (χ2n) is 7.47. The summed E-state index contributed by atoms with van der Waals surface area (Å²) in [7, 11) is 0. The van der Waals surface area contributed by atoms with Gasteiger partial charge in [0.2, 0.25) is 0 Å². The molecule has 0 radical (unpaired) electrons. The van der Waals surface area contributed by atoms with Crippen LogP contribution in [-0.4, -0.2) is 43.2 Å². The first-order chi connectivity index (χ1) is 16.0. The number of ether oxygens (including phenoxy) is 2. The maximum absolute atomic E-state index is 12.2. The Labute approximate surface area is 192 Å². The number of benzene rings is 2. The summed E-state index contributed by atoms with van der Waals surface area (Å²) in [4.78, 5) is 35.6. The summed E-state index contributed by atoms with van der Waals surface area (Å²) >= 11 is 0. The van der Waals surface area contributed by atoms with Gasteiger partial charge in [-0.2, -0.15) is 5.10 Å². The first-order valence-corrected chi connectivity index (χ1v) is 10.9. The first kappa shape index (κ1) is 23.8. The number of carbonyl (C=O) groups excluding carboxylic acids is 3. The van der Waals surface area contributed by atoms with Crippen LogP contribution in [-0.2, 0) is 20.8 Å². The minimum absolute atomic E-state index is 0.0946. The molecular weight excluding hydrogens is 424 g/mol. The highest BCUT2D eigenvalue weighted by Gasteiger charge is 2.26. The Bertz CT molecular complexity index is 1020. The van der Waals surface area contributed by atoms with Gasteiger partial charge < -0.3 is 20.1 Å². The number of anilines is 1. The standard InChI is InChI=1S/C24H28N4O5/c1-3-16-5-8-18(9-6-16)26-22(29)15-33-20-12-7-17(13-21(20)32-4-2)14-25-28-24(31)23(30)27-19-10-11-19/h5-9,12-14,19H,3-4,10-11,15H2,1-2H3,(H,26,29)(H,27,30)(H,28,31)/b25-14-. The van der Waals surface area contributed by atoms with E-state index in [0.717, 1.165) is 19.3 Å². The fourth-order valence-electron chi connectivity index (χ4n) is 2.85. The Morgan fingerprint density at radius 2 is 1.76 bits per heavy atom. The maximum Gasteiger partial charge on any atom is 0.329 e. The summed E-state index contributed by atoms with van der Waals surface area (Å²) < 4.78 is 11.2. The van der Waals surface area contributed by atoms with Crippen molar-refractivity contribution in [3.8, 4) is 11.5 Å². The van der Waals surface area contributed by atoms with Crippen molar-refractivity contribution in [3.05, 3.63) is 53.6 Å². The number of carbonyl (C=O) groups is 3. The van der Waals surface area contributed by atoms with E-state index in [2.05, 4.69) is 28.1 Å². The quantitative estimate of drug-likeness (QED) is 0.291. The van der Waals surface area contributed by atoms with Gasteiger partial charge in [-0.1, -0.05) is 19.1 Å². The molecule has 0 spiro atoms. The second-order valence-corrected chi connectivity index (χ2v) is 7.47. The van der Waals surface area contributed by atoms with E-state index in [-0.39, 0.29) is 18.6 Å². The Hall–Kier alpha value is -3.88. The molecule has 1 aliphatic carbocycles.